The third-order valence-electron chi connectivity index (χ3n) is 2.95. The molecule has 0 fully saturated rings. The third kappa shape index (κ3) is 4.78. The van der Waals surface area contributed by atoms with E-state index in [1.807, 2.05) is 26.0 Å². The molecule has 1 unspecified atom stereocenters. The lowest BCUT2D eigenvalue weighted by molar-refractivity contribution is -0.138. The second-order valence-corrected chi connectivity index (χ2v) is 4.79. The Morgan fingerprint density at radius 2 is 2.17 bits per heavy atom. The van der Waals surface area contributed by atoms with Crippen molar-refractivity contribution < 1.29 is 14.6 Å². The number of rotatable bonds is 7. The van der Waals surface area contributed by atoms with Gasteiger partial charge in [0.05, 0.1) is 6.61 Å². The second-order valence-electron chi connectivity index (χ2n) is 4.79. The van der Waals surface area contributed by atoms with E-state index in [1.54, 1.807) is 0 Å². The lowest BCUT2D eigenvalue weighted by atomic mass is 9.97. The van der Waals surface area contributed by atoms with Gasteiger partial charge < -0.3 is 9.84 Å². The van der Waals surface area contributed by atoms with Crippen LogP contribution in [-0.2, 0) is 11.2 Å². The molecule has 0 heterocycles. The predicted molar refractivity (Wildman–Crippen MR) is 72.1 cm³/mol. The smallest absolute Gasteiger partial charge is 0.303 e. The van der Waals surface area contributed by atoms with Gasteiger partial charge in [0.15, 0.2) is 0 Å². The molecule has 100 valence electrons. The van der Waals surface area contributed by atoms with Crippen LogP contribution in [0.25, 0.3) is 0 Å². The van der Waals surface area contributed by atoms with Crippen molar-refractivity contribution in [2.75, 3.05) is 6.61 Å². The molecule has 0 saturated heterocycles. The summed E-state index contributed by atoms with van der Waals surface area (Å²) in [4.78, 5) is 10.6. The van der Waals surface area contributed by atoms with Crippen molar-refractivity contribution in [2.24, 2.45) is 5.92 Å². The molecule has 1 atom stereocenters. The maximum absolute atomic E-state index is 10.6. The molecule has 3 nitrogen and oxygen atoms in total. The lowest BCUT2D eigenvalue weighted by Gasteiger charge is -2.13. The van der Waals surface area contributed by atoms with E-state index in [-0.39, 0.29) is 12.3 Å². The third-order valence-corrected chi connectivity index (χ3v) is 2.95. The molecule has 0 amide bonds. The first kappa shape index (κ1) is 14.6. The van der Waals surface area contributed by atoms with Gasteiger partial charge in [-0.05, 0) is 44.2 Å². The highest BCUT2D eigenvalue weighted by Crippen LogP contribution is 2.23. The van der Waals surface area contributed by atoms with Crippen LogP contribution in [0.1, 0.15) is 37.8 Å². The van der Waals surface area contributed by atoms with Gasteiger partial charge in [-0.3, -0.25) is 4.79 Å². The number of carboxylic acids is 1. The first-order valence-electron chi connectivity index (χ1n) is 6.47. The predicted octanol–water partition coefficient (Wildman–Crippen LogP) is 3.44. The van der Waals surface area contributed by atoms with Crippen molar-refractivity contribution in [3.05, 3.63) is 29.3 Å². The standard InChI is InChI=1S/C15H22O3/c1-4-18-14-8-6-11(2)9-13(14)7-5-12(3)10-15(16)17/h6,8-9,12H,4-5,7,10H2,1-3H3,(H,16,17). The van der Waals surface area contributed by atoms with Crippen LogP contribution in [0, 0.1) is 12.8 Å². The monoisotopic (exact) mass is 250 g/mol. The number of benzene rings is 1. The first-order valence-corrected chi connectivity index (χ1v) is 6.47. The normalized spacial score (nSPS) is 12.2. The zero-order valence-electron chi connectivity index (χ0n) is 11.4. The fourth-order valence-corrected chi connectivity index (χ4v) is 2.00. The molecule has 1 aromatic carbocycles. The van der Waals surface area contributed by atoms with Crippen LogP contribution < -0.4 is 4.74 Å². The van der Waals surface area contributed by atoms with E-state index in [1.165, 1.54) is 11.1 Å². The highest BCUT2D eigenvalue weighted by atomic mass is 16.5. The molecule has 0 aliphatic rings. The number of aryl methyl sites for hydroxylation is 2. The van der Waals surface area contributed by atoms with Gasteiger partial charge in [-0.15, -0.1) is 0 Å². The molecule has 0 bridgehead atoms. The average Bonchev–Trinajstić information content (AvgIpc) is 2.29. The van der Waals surface area contributed by atoms with Gasteiger partial charge >= 0.3 is 5.97 Å². The van der Waals surface area contributed by atoms with E-state index in [0.717, 1.165) is 18.6 Å². The molecule has 1 N–H and O–H groups in total. The van der Waals surface area contributed by atoms with Crippen LogP contribution in [-0.4, -0.2) is 17.7 Å². The summed E-state index contributed by atoms with van der Waals surface area (Å²) < 4.78 is 5.59. The Bertz CT molecular complexity index is 399. The minimum atomic E-state index is -0.725. The minimum Gasteiger partial charge on any atom is -0.494 e. The second kappa shape index (κ2) is 7.04. The summed E-state index contributed by atoms with van der Waals surface area (Å²) >= 11 is 0. The molecule has 0 aliphatic carbocycles. The summed E-state index contributed by atoms with van der Waals surface area (Å²) in [5.41, 5.74) is 2.38. The van der Waals surface area contributed by atoms with E-state index in [2.05, 4.69) is 13.0 Å². The summed E-state index contributed by atoms with van der Waals surface area (Å²) in [5.74, 6) is 0.389. The van der Waals surface area contributed by atoms with E-state index in [0.29, 0.717) is 6.61 Å². The number of carboxylic acid groups (broad SMARTS) is 1. The SMILES string of the molecule is CCOc1ccc(C)cc1CCC(C)CC(=O)O. The summed E-state index contributed by atoms with van der Waals surface area (Å²) in [6.45, 7) is 6.65. The molecular formula is C15H22O3. The fraction of sp³-hybridized carbons (Fsp3) is 0.533. The van der Waals surface area contributed by atoms with Gasteiger partial charge in [-0.2, -0.15) is 0 Å². The van der Waals surface area contributed by atoms with Crippen LogP contribution in [0.4, 0.5) is 0 Å². The number of hydrogen-bond donors (Lipinski definition) is 1. The van der Waals surface area contributed by atoms with Gasteiger partial charge in [-0.25, -0.2) is 0 Å². The molecule has 0 aliphatic heterocycles. The number of aliphatic carboxylic acids is 1. The molecule has 1 aromatic rings. The number of ether oxygens (including phenoxy) is 1. The van der Waals surface area contributed by atoms with Crippen molar-refractivity contribution in [1.29, 1.82) is 0 Å². The van der Waals surface area contributed by atoms with Gasteiger partial charge in [0.1, 0.15) is 5.75 Å². The topological polar surface area (TPSA) is 46.5 Å². The van der Waals surface area contributed by atoms with Crippen molar-refractivity contribution in [2.45, 2.75) is 40.0 Å². The van der Waals surface area contributed by atoms with E-state index in [9.17, 15) is 4.79 Å². The summed E-state index contributed by atoms with van der Waals surface area (Å²) in [6.07, 6.45) is 1.97. The minimum absolute atomic E-state index is 0.192. The molecule has 0 spiro atoms. The van der Waals surface area contributed by atoms with Crippen molar-refractivity contribution in [3.63, 3.8) is 0 Å². The molecule has 0 saturated carbocycles. The van der Waals surface area contributed by atoms with Gasteiger partial charge in [0.25, 0.3) is 0 Å². The maximum atomic E-state index is 10.6. The van der Waals surface area contributed by atoms with Crippen LogP contribution in [0.5, 0.6) is 5.75 Å². The van der Waals surface area contributed by atoms with E-state index < -0.39 is 5.97 Å². The van der Waals surface area contributed by atoms with Crippen molar-refractivity contribution in [1.82, 2.24) is 0 Å². The lowest BCUT2D eigenvalue weighted by Crippen LogP contribution is -2.06. The zero-order chi connectivity index (χ0) is 13.5. The van der Waals surface area contributed by atoms with Gasteiger partial charge in [0, 0.05) is 6.42 Å². The number of carbonyl (C=O) groups is 1. The summed E-state index contributed by atoms with van der Waals surface area (Å²) in [5, 5.41) is 8.74. The molecule has 18 heavy (non-hydrogen) atoms. The fourth-order valence-electron chi connectivity index (χ4n) is 2.00. The Hall–Kier alpha value is -1.51. The van der Waals surface area contributed by atoms with Crippen LogP contribution in [0.15, 0.2) is 18.2 Å². The van der Waals surface area contributed by atoms with Gasteiger partial charge in [-0.1, -0.05) is 24.6 Å². The summed E-state index contributed by atoms with van der Waals surface area (Å²) in [7, 11) is 0. The molecule has 0 aromatic heterocycles. The quantitative estimate of drug-likeness (QED) is 0.806. The molecule has 0 radical (unpaired) electrons. The highest BCUT2D eigenvalue weighted by molar-refractivity contribution is 5.66. The molecule has 1 rings (SSSR count). The Morgan fingerprint density at radius 1 is 1.44 bits per heavy atom. The Kier molecular flexibility index (Phi) is 5.69. The summed E-state index contributed by atoms with van der Waals surface area (Å²) in [6, 6.07) is 6.16. The Labute approximate surface area is 109 Å². The Balaban J connectivity index is 2.64. The highest BCUT2D eigenvalue weighted by Gasteiger charge is 2.10. The van der Waals surface area contributed by atoms with E-state index >= 15 is 0 Å². The first-order chi connectivity index (χ1) is 8.52. The zero-order valence-corrected chi connectivity index (χ0v) is 11.4. The van der Waals surface area contributed by atoms with Crippen LogP contribution >= 0.6 is 0 Å². The largest absolute Gasteiger partial charge is 0.494 e. The maximum Gasteiger partial charge on any atom is 0.303 e. The van der Waals surface area contributed by atoms with Crippen molar-refractivity contribution in [3.8, 4) is 5.75 Å². The van der Waals surface area contributed by atoms with Gasteiger partial charge in [0.2, 0.25) is 0 Å². The number of hydrogen-bond acceptors (Lipinski definition) is 2. The van der Waals surface area contributed by atoms with Crippen molar-refractivity contribution >= 4 is 5.97 Å². The Morgan fingerprint density at radius 3 is 2.78 bits per heavy atom. The van der Waals surface area contributed by atoms with Crippen LogP contribution in [0.2, 0.25) is 0 Å². The molecule has 3 heteroatoms. The van der Waals surface area contributed by atoms with E-state index in [4.69, 9.17) is 9.84 Å². The molecular weight excluding hydrogens is 228 g/mol. The van der Waals surface area contributed by atoms with Crippen LogP contribution in [0.3, 0.4) is 0 Å². The average molecular weight is 250 g/mol.